The fourth-order valence-corrected chi connectivity index (χ4v) is 3.66. The standard InChI is InChI=1S/C19H30N4O2/c1-15(2)25-18-8-7-16(12-20-18)13-21-19(24)23-11-5-6-17(23)14-22-9-3-4-10-22/h7-8,12,15,17H,3-6,9-11,13-14H2,1-2H3,(H,21,24)/t17-/m0/s1. The van der Waals surface area contributed by atoms with Crippen LogP contribution in [0.1, 0.15) is 45.1 Å². The van der Waals surface area contributed by atoms with Crippen LogP contribution in [0.2, 0.25) is 0 Å². The third-order valence-electron chi connectivity index (χ3n) is 4.90. The Kier molecular flexibility index (Phi) is 6.13. The minimum Gasteiger partial charge on any atom is -0.475 e. The smallest absolute Gasteiger partial charge is 0.317 e. The Balaban J connectivity index is 1.47. The van der Waals surface area contributed by atoms with E-state index in [0.717, 1.165) is 31.5 Å². The second-order valence-electron chi connectivity index (χ2n) is 7.33. The molecule has 6 nitrogen and oxygen atoms in total. The van der Waals surface area contributed by atoms with Gasteiger partial charge in [0.25, 0.3) is 0 Å². The average Bonchev–Trinajstić information content (AvgIpc) is 3.26. The molecular formula is C19H30N4O2. The topological polar surface area (TPSA) is 57.7 Å². The van der Waals surface area contributed by atoms with Gasteiger partial charge in [0.2, 0.25) is 5.88 Å². The third kappa shape index (κ3) is 5.08. The van der Waals surface area contributed by atoms with E-state index in [9.17, 15) is 4.79 Å². The molecule has 3 heterocycles. The lowest BCUT2D eigenvalue weighted by atomic mass is 10.2. The third-order valence-corrected chi connectivity index (χ3v) is 4.90. The number of carbonyl (C=O) groups is 1. The van der Waals surface area contributed by atoms with Crippen molar-refractivity contribution < 1.29 is 9.53 Å². The Bertz CT molecular complexity index is 555. The highest BCUT2D eigenvalue weighted by molar-refractivity contribution is 5.74. The lowest BCUT2D eigenvalue weighted by Crippen LogP contribution is -2.46. The Hall–Kier alpha value is -1.82. The van der Waals surface area contributed by atoms with Crippen LogP contribution in [0.5, 0.6) is 5.88 Å². The maximum atomic E-state index is 12.6. The van der Waals surface area contributed by atoms with Gasteiger partial charge in [-0.2, -0.15) is 0 Å². The van der Waals surface area contributed by atoms with Crippen LogP contribution >= 0.6 is 0 Å². The molecule has 0 radical (unpaired) electrons. The molecule has 0 saturated carbocycles. The number of ether oxygens (including phenoxy) is 1. The summed E-state index contributed by atoms with van der Waals surface area (Å²) in [6.07, 6.45) is 6.69. The lowest BCUT2D eigenvalue weighted by molar-refractivity contribution is 0.174. The summed E-state index contributed by atoms with van der Waals surface area (Å²) in [4.78, 5) is 21.4. The maximum absolute atomic E-state index is 12.6. The summed E-state index contributed by atoms with van der Waals surface area (Å²) in [5.74, 6) is 0.621. The van der Waals surface area contributed by atoms with Crippen LogP contribution in [0.4, 0.5) is 4.79 Å². The number of pyridine rings is 1. The normalized spacial score (nSPS) is 21.1. The molecule has 1 aromatic heterocycles. The molecule has 25 heavy (non-hydrogen) atoms. The number of rotatable bonds is 6. The zero-order valence-electron chi connectivity index (χ0n) is 15.4. The van der Waals surface area contributed by atoms with Gasteiger partial charge in [0, 0.05) is 37.9 Å². The fourth-order valence-electron chi connectivity index (χ4n) is 3.66. The molecule has 6 heteroatoms. The van der Waals surface area contributed by atoms with Crippen molar-refractivity contribution in [3.8, 4) is 5.88 Å². The van der Waals surface area contributed by atoms with Crippen LogP contribution in [0.3, 0.4) is 0 Å². The summed E-state index contributed by atoms with van der Waals surface area (Å²) in [6.45, 7) is 8.71. The van der Waals surface area contributed by atoms with Gasteiger partial charge in [-0.25, -0.2) is 9.78 Å². The van der Waals surface area contributed by atoms with E-state index in [1.54, 1.807) is 6.20 Å². The van der Waals surface area contributed by atoms with E-state index >= 15 is 0 Å². The number of hydrogen-bond acceptors (Lipinski definition) is 4. The molecule has 0 spiro atoms. The van der Waals surface area contributed by atoms with Gasteiger partial charge in [-0.15, -0.1) is 0 Å². The Morgan fingerprint density at radius 1 is 1.28 bits per heavy atom. The van der Waals surface area contributed by atoms with Gasteiger partial charge in [0.15, 0.2) is 0 Å². The number of likely N-dealkylation sites (tertiary alicyclic amines) is 2. The molecule has 2 amide bonds. The molecule has 0 bridgehead atoms. The Morgan fingerprint density at radius 3 is 2.76 bits per heavy atom. The van der Waals surface area contributed by atoms with E-state index in [-0.39, 0.29) is 12.1 Å². The molecule has 1 aromatic rings. The van der Waals surface area contributed by atoms with Crippen LogP contribution < -0.4 is 10.1 Å². The number of carbonyl (C=O) groups excluding carboxylic acids is 1. The average molecular weight is 346 g/mol. The number of aromatic nitrogens is 1. The van der Waals surface area contributed by atoms with Gasteiger partial charge >= 0.3 is 6.03 Å². The van der Waals surface area contributed by atoms with Crippen LogP contribution in [0, 0.1) is 0 Å². The number of urea groups is 1. The molecule has 2 fully saturated rings. The van der Waals surface area contributed by atoms with E-state index < -0.39 is 0 Å². The summed E-state index contributed by atoms with van der Waals surface area (Å²) >= 11 is 0. The van der Waals surface area contributed by atoms with Gasteiger partial charge in [-0.3, -0.25) is 0 Å². The van der Waals surface area contributed by atoms with Gasteiger partial charge < -0.3 is 19.9 Å². The first-order valence-corrected chi connectivity index (χ1v) is 9.50. The second kappa shape index (κ2) is 8.52. The lowest BCUT2D eigenvalue weighted by Gasteiger charge is -2.28. The highest BCUT2D eigenvalue weighted by Crippen LogP contribution is 2.20. The van der Waals surface area contributed by atoms with E-state index in [2.05, 4.69) is 15.2 Å². The van der Waals surface area contributed by atoms with Crippen molar-refractivity contribution in [2.75, 3.05) is 26.2 Å². The van der Waals surface area contributed by atoms with Gasteiger partial charge in [-0.1, -0.05) is 6.07 Å². The van der Waals surface area contributed by atoms with E-state index in [1.165, 1.54) is 25.9 Å². The zero-order chi connectivity index (χ0) is 17.6. The first-order valence-electron chi connectivity index (χ1n) is 9.50. The fraction of sp³-hybridized carbons (Fsp3) is 0.684. The number of nitrogens with zero attached hydrogens (tertiary/aromatic N) is 3. The number of hydrogen-bond donors (Lipinski definition) is 1. The highest BCUT2D eigenvalue weighted by Gasteiger charge is 2.30. The van der Waals surface area contributed by atoms with Crippen molar-refractivity contribution in [1.29, 1.82) is 0 Å². The molecule has 3 rings (SSSR count). The first kappa shape index (κ1) is 18.0. The quantitative estimate of drug-likeness (QED) is 0.860. The van der Waals surface area contributed by atoms with Gasteiger partial charge in [0.05, 0.1) is 6.10 Å². The largest absolute Gasteiger partial charge is 0.475 e. The minimum atomic E-state index is 0.0456. The van der Waals surface area contributed by atoms with Crippen LogP contribution in [-0.4, -0.2) is 59.1 Å². The van der Waals surface area contributed by atoms with Crippen molar-refractivity contribution in [3.63, 3.8) is 0 Å². The summed E-state index contributed by atoms with van der Waals surface area (Å²) in [7, 11) is 0. The Morgan fingerprint density at radius 2 is 2.08 bits per heavy atom. The molecule has 2 saturated heterocycles. The number of nitrogens with one attached hydrogen (secondary N) is 1. The molecule has 0 unspecified atom stereocenters. The van der Waals surface area contributed by atoms with Crippen molar-refractivity contribution in [2.45, 2.75) is 58.2 Å². The first-order chi connectivity index (χ1) is 12.1. The molecule has 1 N–H and O–H groups in total. The molecule has 1 atom stereocenters. The van der Waals surface area contributed by atoms with Gasteiger partial charge in [0.1, 0.15) is 0 Å². The Labute approximate surface area is 150 Å². The number of amides is 2. The predicted molar refractivity (Wildman–Crippen MR) is 97.6 cm³/mol. The van der Waals surface area contributed by atoms with Crippen LogP contribution in [0.15, 0.2) is 18.3 Å². The highest BCUT2D eigenvalue weighted by atomic mass is 16.5. The SMILES string of the molecule is CC(C)Oc1ccc(CNC(=O)N2CCC[C@H]2CN2CCCC2)cn1. The summed E-state index contributed by atoms with van der Waals surface area (Å²) in [5, 5.41) is 3.04. The van der Waals surface area contributed by atoms with E-state index in [4.69, 9.17) is 4.74 Å². The minimum absolute atomic E-state index is 0.0456. The summed E-state index contributed by atoms with van der Waals surface area (Å²) in [6, 6.07) is 4.21. The molecule has 2 aliphatic rings. The molecule has 0 aliphatic carbocycles. The van der Waals surface area contributed by atoms with Crippen molar-refractivity contribution in [3.05, 3.63) is 23.9 Å². The second-order valence-corrected chi connectivity index (χ2v) is 7.33. The van der Waals surface area contributed by atoms with Crippen LogP contribution in [-0.2, 0) is 6.54 Å². The predicted octanol–water partition coefficient (Wildman–Crippen LogP) is 2.64. The summed E-state index contributed by atoms with van der Waals surface area (Å²) in [5.41, 5.74) is 0.986. The van der Waals surface area contributed by atoms with Crippen molar-refractivity contribution >= 4 is 6.03 Å². The summed E-state index contributed by atoms with van der Waals surface area (Å²) < 4.78 is 5.54. The molecule has 0 aromatic carbocycles. The van der Waals surface area contributed by atoms with Crippen molar-refractivity contribution in [1.82, 2.24) is 20.1 Å². The molecule has 138 valence electrons. The van der Waals surface area contributed by atoms with Crippen LogP contribution in [0.25, 0.3) is 0 Å². The van der Waals surface area contributed by atoms with E-state index in [0.29, 0.717) is 18.5 Å². The monoisotopic (exact) mass is 346 g/mol. The maximum Gasteiger partial charge on any atom is 0.317 e. The van der Waals surface area contributed by atoms with E-state index in [1.807, 2.05) is 30.9 Å². The molecule has 2 aliphatic heterocycles. The van der Waals surface area contributed by atoms with Gasteiger partial charge in [-0.05, 0) is 58.2 Å². The molecular weight excluding hydrogens is 316 g/mol. The zero-order valence-corrected chi connectivity index (χ0v) is 15.4. The van der Waals surface area contributed by atoms with Crippen molar-refractivity contribution in [2.24, 2.45) is 0 Å².